The Labute approximate surface area is 191 Å². The number of nitrogens with zero attached hydrogens (tertiary/aromatic N) is 1. The smallest absolute Gasteiger partial charge is 0.357 e. The van der Waals surface area contributed by atoms with E-state index in [1.54, 1.807) is 61.6 Å². The molecule has 33 heavy (non-hydrogen) atoms. The van der Waals surface area contributed by atoms with Crippen molar-refractivity contribution in [2.45, 2.75) is 12.5 Å². The highest BCUT2D eigenvalue weighted by molar-refractivity contribution is 5.94. The lowest BCUT2D eigenvalue weighted by molar-refractivity contribution is -0.138. The lowest BCUT2D eigenvalue weighted by Crippen LogP contribution is -2.25. The van der Waals surface area contributed by atoms with Gasteiger partial charge in [-0.05, 0) is 47.9 Å². The Morgan fingerprint density at radius 2 is 1.64 bits per heavy atom. The average Bonchev–Trinajstić information content (AvgIpc) is 2.82. The minimum absolute atomic E-state index is 0.288. The monoisotopic (exact) mass is 447 g/mol. The van der Waals surface area contributed by atoms with Gasteiger partial charge >= 0.3 is 11.9 Å². The molecule has 0 bridgehead atoms. The Kier molecular flexibility index (Phi) is 7.77. The van der Waals surface area contributed by atoms with Crippen LogP contribution in [0, 0.1) is 0 Å². The Morgan fingerprint density at radius 1 is 0.970 bits per heavy atom. The molecule has 3 rings (SSSR count). The fraction of sp³-hybridized carbons (Fsp3) is 0.160. The first-order chi connectivity index (χ1) is 15.8. The van der Waals surface area contributed by atoms with Crippen molar-refractivity contribution >= 4 is 23.5 Å². The maximum absolute atomic E-state index is 12.1. The molecule has 8 nitrogen and oxygen atoms in total. The van der Waals surface area contributed by atoms with Crippen LogP contribution in [0.25, 0.3) is 0 Å². The number of likely N-dealkylation sites (N-methyl/N-ethyl adjacent to an activating group) is 1. The second kappa shape index (κ2) is 10.9. The summed E-state index contributed by atoms with van der Waals surface area (Å²) in [5.41, 5.74) is 8.05. The number of nitrogens with one attached hydrogen (secondary N) is 1. The van der Waals surface area contributed by atoms with E-state index < -0.39 is 23.9 Å². The maximum atomic E-state index is 12.1. The molecular weight excluding hydrogens is 422 g/mol. The average molecular weight is 447 g/mol. The first-order valence-electron chi connectivity index (χ1n) is 10.3. The molecule has 1 amide bonds. The fourth-order valence-corrected chi connectivity index (χ4v) is 3.19. The second-order valence-corrected chi connectivity index (χ2v) is 7.45. The van der Waals surface area contributed by atoms with Gasteiger partial charge in [0.15, 0.2) is 6.04 Å². The molecule has 0 aliphatic carbocycles. The largest absolute Gasteiger partial charge is 0.479 e. The van der Waals surface area contributed by atoms with Crippen molar-refractivity contribution < 1.29 is 24.3 Å². The van der Waals surface area contributed by atoms with Gasteiger partial charge < -0.3 is 21.0 Å². The lowest BCUT2D eigenvalue weighted by atomic mass is 10.0. The van der Waals surface area contributed by atoms with Crippen LogP contribution in [-0.4, -0.2) is 41.6 Å². The van der Waals surface area contributed by atoms with Gasteiger partial charge in [0.1, 0.15) is 0 Å². The molecule has 0 aliphatic heterocycles. The van der Waals surface area contributed by atoms with Crippen LogP contribution in [0.2, 0.25) is 0 Å². The molecule has 0 saturated heterocycles. The van der Waals surface area contributed by atoms with Gasteiger partial charge in [-0.15, -0.1) is 5.06 Å². The summed E-state index contributed by atoms with van der Waals surface area (Å²) in [6.45, 7) is 0.471. The molecule has 0 aromatic heterocycles. The summed E-state index contributed by atoms with van der Waals surface area (Å²) < 4.78 is 0. The van der Waals surface area contributed by atoms with Crippen LogP contribution in [0.3, 0.4) is 0 Å². The predicted octanol–water partition coefficient (Wildman–Crippen LogP) is 3.27. The highest BCUT2D eigenvalue weighted by Crippen LogP contribution is 2.22. The fourth-order valence-electron chi connectivity index (χ4n) is 3.19. The van der Waals surface area contributed by atoms with E-state index >= 15 is 0 Å². The number of carboxylic acids is 1. The maximum Gasteiger partial charge on any atom is 0.357 e. The highest BCUT2D eigenvalue weighted by atomic mass is 16.7. The molecule has 170 valence electrons. The number of hydrogen-bond donors (Lipinski definition) is 3. The van der Waals surface area contributed by atoms with Gasteiger partial charge in [-0.25, -0.2) is 9.59 Å². The van der Waals surface area contributed by atoms with Crippen molar-refractivity contribution in [2.24, 2.45) is 5.73 Å². The van der Waals surface area contributed by atoms with Crippen molar-refractivity contribution in [1.82, 2.24) is 5.06 Å². The van der Waals surface area contributed by atoms with Gasteiger partial charge in [-0.2, -0.15) is 0 Å². The number of primary amides is 1. The number of nitrogens with two attached hydrogens (primary N) is 1. The zero-order valence-electron chi connectivity index (χ0n) is 18.1. The van der Waals surface area contributed by atoms with E-state index in [4.69, 9.17) is 10.6 Å². The number of hydrogen-bond acceptors (Lipinski definition) is 6. The molecule has 0 saturated carbocycles. The summed E-state index contributed by atoms with van der Waals surface area (Å²) in [7, 11) is 1.68. The summed E-state index contributed by atoms with van der Waals surface area (Å²) in [6, 6.07) is 21.2. The quantitative estimate of drug-likeness (QED) is 0.408. The molecule has 4 N–H and O–H groups in total. The van der Waals surface area contributed by atoms with E-state index in [2.05, 4.69) is 5.32 Å². The summed E-state index contributed by atoms with van der Waals surface area (Å²) >= 11 is 0. The van der Waals surface area contributed by atoms with Crippen LogP contribution < -0.4 is 11.1 Å². The van der Waals surface area contributed by atoms with Crippen LogP contribution in [0.1, 0.15) is 37.9 Å². The summed E-state index contributed by atoms with van der Waals surface area (Å²) in [5.74, 6) is -2.07. The Morgan fingerprint density at radius 3 is 2.27 bits per heavy atom. The van der Waals surface area contributed by atoms with Gasteiger partial charge in [-0.3, -0.25) is 4.79 Å². The summed E-state index contributed by atoms with van der Waals surface area (Å²) in [6.07, 6.45) is 0.602. The van der Waals surface area contributed by atoms with E-state index in [9.17, 15) is 19.5 Å². The molecule has 8 heteroatoms. The first-order valence-corrected chi connectivity index (χ1v) is 10.3. The molecule has 3 aromatic carbocycles. The zero-order chi connectivity index (χ0) is 23.8. The topological polar surface area (TPSA) is 122 Å². The third-order valence-electron chi connectivity index (χ3n) is 4.98. The van der Waals surface area contributed by atoms with Crippen molar-refractivity contribution in [2.75, 3.05) is 18.9 Å². The van der Waals surface area contributed by atoms with Crippen LogP contribution in [0.5, 0.6) is 0 Å². The summed E-state index contributed by atoms with van der Waals surface area (Å²) in [5, 5.41) is 14.1. The molecule has 0 fully saturated rings. The van der Waals surface area contributed by atoms with Gasteiger partial charge in [0.25, 0.3) is 0 Å². The lowest BCUT2D eigenvalue weighted by Gasteiger charge is -2.18. The Hall–Kier alpha value is -4.17. The minimum atomic E-state index is -1.06. The number of hydroxylamine groups is 2. The van der Waals surface area contributed by atoms with Crippen LogP contribution in [0.4, 0.5) is 5.69 Å². The molecule has 3 aromatic rings. The van der Waals surface area contributed by atoms with Crippen LogP contribution in [-0.2, 0) is 16.1 Å². The molecular formula is C25H25N3O5. The van der Waals surface area contributed by atoms with Gasteiger partial charge in [0.05, 0.1) is 5.56 Å². The van der Waals surface area contributed by atoms with Gasteiger partial charge in [0, 0.05) is 24.8 Å². The number of rotatable bonds is 10. The Balaban J connectivity index is 1.59. The van der Waals surface area contributed by atoms with Crippen molar-refractivity contribution in [1.29, 1.82) is 0 Å². The number of carboxylic acid groups (broad SMARTS) is 1. The number of benzene rings is 3. The number of amides is 1. The van der Waals surface area contributed by atoms with E-state index in [-0.39, 0.29) is 5.56 Å². The molecule has 0 aliphatic rings. The Bertz CT molecular complexity index is 1120. The van der Waals surface area contributed by atoms with Gasteiger partial charge in [0.2, 0.25) is 5.91 Å². The highest BCUT2D eigenvalue weighted by Gasteiger charge is 2.20. The molecule has 1 unspecified atom stereocenters. The number of carbonyl (C=O) groups excluding carboxylic acids is 2. The minimum Gasteiger partial charge on any atom is -0.479 e. The number of anilines is 1. The predicted molar refractivity (Wildman–Crippen MR) is 124 cm³/mol. The number of carbonyl (C=O) groups is 3. The third kappa shape index (κ3) is 6.65. The van der Waals surface area contributed by atoms with Crippen LogP contribution in [0.15, 0.2) is 78.9 Å². The zero-order valence-corrected chi connectivity index (χ0v) is 18.1. The third-order valence-corrected chi connectivity index (χ3v) is 4.98. The second-order valence-electron chi connectivity index (χ2n) is 7.45. The van der Waals surface area contributed by atoms with E-state index in [0.717, 1.165) is 5.56 Å². The van der Waals surface area contributed by atoms with Crippen molar-refractivity contribution in [3.05, 3.63) is 101 Å². The van der Waals surface area contributed by atoms with E-state index in [0.29, 0.717) is 29.8 Å². The first kappa shape index (κ1) is 23.5. The van der Waals surface area contributed by atoms with E-state index in [1.165, 1.54) is 11.1 Å². The SMILES string of the molecule is CN(CCc1ccc(C(Nc2cccc(C(N)=O)c2)C(=O)O)cc1)OC(=O)c1ccccc1. The molecule has 0 spiro atoms. The standard InChI is InChI=1S/C25H25N3O5/c1-28(33-25(32)19-6-3-2-4-7-19)15-14-17-10-12-18(13-11-17)22(24(30)31)27-21-9-5-8-20(16-21)23(26)29/h2-13,16,22,27H,14-15H2,1H3,(H2,26,29)(H,30,31). The normalized spacial score (nSPS) is 11.6. The molecule has 1 atom stereocenters. The molecule has 0 radical (unpaired) electrons. The van der Waals surface area contributed by atoms with Crippen molar-refractivity contribution in [3.63, 3.8) is 0 Å². The number of aliphatic carboxylic acids is 1. The van der Waals surface area contributed by atoms with Crippen molar-refractivity contribution in [3.8, 4) is 0 Å². The molecule has 0 heterocycles. The van der Waals surface area contributed by atoms with Gasteiger partial charge in [-0.1, -0.05) is 48.5 Å². The van der Waals surface area contributed by atoms with E-state index in [1.807, 2.05) is 18.2 Å². The van der Waals surface area contributed by atoms with Crippen LogP contribution >= 0.6 is 0 Å². The summed E-state index contributed by atoms with van der Waals surface area (Å²) in [4.78, 5) is 40.6.